The number of methoxy groups -OCH3 is 1. The number of hydrogen-bond donors (Lipinski definition) is 1. The van der Waals surface area contributed by atoms with Crippen LogP contribution in [0.3, 0.4) is 0 Å². The van der Waals surface area contributed by atoms with E-state index in [9.17, 15) is 14.7 Å². The maximum Gasteiger partial charge on any atom is 0.311 e. The summed E-state index contributed by atoms with van der Waals surface area (Å²) in [5.41, 5.74) is 0.0971. The lowest BCUT2D eigenvalue weighted by Gasteiger charge is -2.28. The van der Waals surface area contributed by atoms with E-state index in [-0.39, 0.29) is 24.1 Å². The van der Waals surface area contributed by atoms with Crippen LogP contribution in [0, 0.1) is 11.3 Å². The molecule has 1 atom stereocenters. The predicted molar refractivity (Wildman–Crippen MR) is 95.5 cm³/mol. The second-order valence-corrected chi connectivity index (χ2v) is 6.92. The van der Waals surface area contributed by atoms with Gasteiger partial charge >= 0.3 is 5.97 Å². The van der Waals surface area contributed by atoms with Gasteiger partial charge in [-0.1, -0.05) is 32.0 Å². The molecule has 3 rings (SSSR count). The number of carbonyl (C=O) groups is 2. The van der Waals surface area contributed by atoms with Gasteiger partial charge in [0.05, 0.1) is 24.4 Å². The largest absolute Gasteiger partial charge is 0.493 e. The zero-order valence-electron chi connectivity index (χ0n) is 15.2. The van der Waals surface area contributed by atoms with Crippen molar-refractivity contribution in [3.63, 3.8) is 0 Å². The summed E-state index contributed by atoms with van der Waals surface area (Å²) in [6.07, 6.45) is 2.10. The van der Waals surface area contributed by atoms with Gasteiger partial charge in [-0.3, -0.25) is 9.59 Å². The number of nitrogens with zero attached hydrogens (tertiary/aromatic N) is 3. The molecule has 1 aliphatic heterocycles. The van der Waals surface area contributed by atoms with Crippen LogP contribution in [0.5, 0.6) is 5.75 Å². The fourth-order valence-electron chi connectivity index (χ4n) is 3.42. The molecule has 26 heavy (non-hydrogen) atoms. The summed E-state index contributed by atoms with van der Waals surface area (Å²) >= 11 is 0. The number of aromatic nitrogens is 2. The van der Waals surface area contributed by atoms with Crippen molar-refractivity contribution < 1.29 is 19.4 Å². The average Bonchev–Trinajstić information content (AvgIpc) is 3.27. The van der Waals surface area contributed by atoms with E-state index in [0.717, 1.165) is 5.69 Å². The van der Waals surface area contributed by atoms with Crippen molar-refractivity contribution in [2.45, 2.75) is 20.3 Å². The first-order valence-electron chi connectivity index (χ1n) is 8.61. The molecule has 7 nitrogen and oxygen atoms in total. The molecule has 2 heterocycles. The van der Waals surface area contributed by atoms with Gasteiger partial charge in [0.25, 0.3) is 5.91 Å². The molecule has 0 bridgehead atoms. The summed E-state index contributed by atoms with van der Waals surface area (Å²) in [5.74, 6) is -0.859. The Morgan fingerprint density at radius 2 is 1.96 bits per heavy atom. The second-order valence-electron chi connectivity index (χ2n) is 6.92. The Kier molecular flexibility index (Phi) is 4.71. The second kappa shape index (κ2) is 6.82. The molecule has 7 heteroatoms. The molecule has 2 aromatic rings. The fourth-order valence-corrected chi connectivity index (χ4v) is 3.42. The molecule has 1 aliphatic rings. The van der Waals surface area contributed by atoms with Gasteiger partial charge in [0, 0.05) is 13.1 Å². The number of carboxylic acids is 1. The standard InChI is InChI=1S/C19H23N3O4/c1-13(2)19(18(24)25)9-10-21(12-19)17(23)16-15(26-3)11-22(20-16)14-7-5-4-6-8-14/h4-8,11,13H,9-10,12H2,1-3H3,(H,24,25). The minimum absolute atomic E-state index is 0.0680. The Morgan fingerprint density at radius 1 is 1.27 bits per heavy atom. The quantitative estimate of drug-likeness (QED) is 0.888. The van der Waals surface area contributed by atoms with Gasteiger partial charge in [0.15, 0.2) is 11.4 Å². The smallest absolute Gasteiger partial charge is 0.311 e. The number of para-hydroxylation sites is 1. The molecule has 1 aromatic carbocycles. The maximum atomic E-state index is 13.0. The molecule has 1 N–H and O–H groups in total. The highest BCUT2D eigenvalue weighted by Crippen LogP contribution is 2.39. The Morgan fingerprint density at radius 3 is 2.50 bits per heavy atom. The molecule has 1 amide bonds. The number of benzene rings is 1. The van der Waals surface area contributed by atoms with Gasteiger partial charge in [-0.25, -0.2) is 4.68 Å². The summed E-state index contributed by atoms with van der Waals surface area (Å²) in [6.45, 7) is 4.34. The first-order chi connectivity index (χ1) is 12.4. The normalized spacial score (nSPS) is 19.8. The van der Waals surface area contributed by atoms with Crippen molar-refractivity contribution in [2.24, 2.45) is 11.3 Å². The van der Waals surface area contributed by atoms with Crippen LogP contribution in [-0.2, 0) is 4.79 Å². The van der Waals surface area contributed by atoms with Crippen molar-refractivity contribution in [2.75, 3.05) is 20.2 Å². The van der Waals surface area contributed by atoms with Crippen LogP contribution in [-0.4, -0.2) is 51.9 Å². The SMILES string of the molecule is COc1cn(-c2ccccc2)nc1C(=O)N1CCC(C(=O)O)(C(C)C)C1. The fraction of sp³-hybridized carbons (Fsp3) is 0.421. The number of hydrogen-bond acceptors (Lipinski definition) is 4. The Balaban J connectivity index is 1.89. The summed E-state index contributed by atoms with van der Waals surface area (Å²) in [5, 5.41) is 14.1. The van der Waals surface area contributed by atoms with Crippen LogP contribution in [0.25, 0.3) is 5.69 Å². The summed E-state index contributed by atoms with van der Waals surface area (Å²) < 4.78 is 6.92. The van der Waals surface area contributed by atoms with Crippen molar-refractivity contribution in [3.8, 4) is 11.4 Å². The number of carboxylic acid groups (broad SMARTS) is 1. The van der Waals surface area contributed by atoms with Crippen LogP contribution in [0.2, 0.25) is 0 Å². The van der Waals surface area contributed by atoms with E-state index in [0.29, 0.717) is 18.7 Å². The van der Waals surface area contributed by atoms with Gasteiger partial charge in [0.1, 0.15) is 0 Å². The molecule has 1 aromatic heterocycles. The number of carbonyl (C=O) groups excluding carboxylic acids is 1. The molecule has 0 radical (unpaired) electrons. The van der Waals surface area contributed by atoms with E-state index < -0.39 is 11.4 Å². The zero-order valence-corrected chi connectivity index (χ0v) is 15.2. The van der Waals surface area contributed by atoms with E-state index in [4.69, 9.17) is 4.74 Å². The Hall–Kier alpha value is -2.83. The number of amides is 1. The van der Waals surface area contributed by atoms with Gasteiger partial charge in [0.2, 0.25) is 0 Å². The predicted octanol–water partition coefficient (Wildman–Crippen LogP) is 2.45. The summed E-state index contributed by atoms with van der Waals surface area (Å²) in [6, 6.07) is 9.43. The third-order valence-electron chi connectivity index (χ3n) is 5.24. The monoisotopic (exact) mass is 357 g/mol. The number of aliphatic carboxylic acids is 1. The lowest BCUT2D eigenvalue weighted by atomic mass is 9.76. The van der Waals surface area contributed by atoms with E-state index in [2.05, 4.69) is 5.10 Å². The summed E-state index contributed by atoms with van der Waals surface area (Å²) in [7, 11) is 1.49. The highest BCUT2D eigenvalue weighted by Gasteiger charge is 2.49. The highest BCUT2D eigenvalue weighted by molar-refractivity contribution is 5.95. The van der Waals surface area contributed by atoms with Gasteiger partial charge in [-0.05, 0) is 24.5 Å². The third-order valence-corrected chi connectivity index (χ3v) is 5.24. The molecular weight excluding hydrogens is 334 g/mol. The summed E-state index contributed by atoms with van der Waals surface area (Å²) in [4.78, 5) is 26.3. The van der Waals surface area contributed by atoms with Crippen molar-refractivity contribution in [1.82, 2.24) is 14.7 Å². The molecule has 1 saturated heterocycles. The maximum absolute atomic E-state index is 13.0. The first kappa shape index (κ1) is 18.0. The van der Waals surface area contributed by atoms with Crippen LogP contribution in [0.4, 0.5) is 0 Å². The number of likely N-dealkylation sites (tertiary alicyclic amines) is 1. The van der Waals surface area contributed by atoms with Crippen molar-refractivity contribution in [1.29, 1.82) is 0 Å². The average molecular weight is 357 g/mol. The molecule has 0 aliphatic carbocycles. The molecule has 0 spiro atoms. The number of rotatable bonds is 5. The Bertz CT molecular complexity index is 815. The van der Waals surface area contributed by atoms with Crippen molar-refractivity contribution in [3.05, 3.63) is 42.2 Å². The van der Waals surface area contributed by atoms with Gasteiger partial charge in [-0.15, -0.1) is 0 Å². The van der Waals surface area contributed by atoms with Crippen LogP contribution in [0.15, 0.2) is 36.5 Å². The topological polar surface area (TPSA) is 84.7 Å². The van der Waals surface area contributed by atoms with E-state index >= 15 is 0 Å². The minimum Gasteiger partial charge on any atom is -0.493 e. The molecular formula is C19H23N3O4. The number of ether oxygens (including phenoxy) is 1. The molecule has 0 saturated carbocycles. The van der Waals surface area contributed by atoms with E-state index in [1.54, 1.807) is 15.8 Å². The first-order valence-corrected chi connectivity index (χ1v) is 8.61. The van der Waals surface area contributed by atoms with Crippen LogP contribution >= 0.6 is 0 Å². The lowest BCUT2D eigenvalue weighted by molar-refractivity contribution is -0.150. The molecule has 1 unspecified atom stereocenters. The highest BCUT2D eigenvalue weighted by atomic mass is 16.5. The third kappa shape index (κ3) is 2.94. The minimum atomic E-state index is -0.912. The van der Waals surface area contributed by atoms with Gasteiger partial charge < -0.3 is 14.7 Å². The lowest BCUT2D eigenvalue weighted by Crippen LogP contribution is -2.40. The van der Waals surface area contributed by atoms with E-state index in [1.807, 2.05) is 44.2 Å². The van der Waals surface area contributed by atoms with Crippen LogP contribution < -0.4 is 4.74 Å². The Labute approximate surface area is 152 Å². The zero-order chi connectivity index (χ0) is 18.9. The van der Waals surface area contributed by atoms with E-state index in [1.165, 1.54) is 7.11 Å². The molecule has 138 valence electrons. The molecule has 1 fully saturated rings. The van der Waals surface area contributed by atoms with Gasteiger partial charge in [-0.2, -0.15) is 5.10 Å². The van der Waals surface area contributed by atoms with Crippen molar-refractivity contribution >= 4 is 11.9 Å². The van der Waals surface area contributed by atoms with Crippen LogP contribution in [0.1, 0.15) is 30.8 Å².